The molecule has 0 fully saturated rings. The van der Waals surface area contributed by atoms with Crippen molar-refractivity contribution in [3.63, 3.8) is 0 Å². The number of aryl methyl sites for hydroxylation is 2. The van der Waals surface area contributed by atoms with E-state index in [-0.39, 0.29) is 0 Å². The molecule has 0 saturated carbocycles. The van der Waals surface area contributed by atoms with E-state index in [1.807, 2.05) is 26.0 Å². The van der Waals surface area contributed by atoms with Gasteiger partial charge in [0.15, 0.2) is 0 Å². The molecular weight excluding hydrogens is 167 g/mol. The van der Waals surface area contributed by atoms with Crippen LogP contribution in [-0.4, -0.2) is 0 Å². The van der Waals surface area contributed by atoms with Gasteiger partial charge in [-0.15, -0.1) is 0 Å². The van der Waals surface area contributed by atoms with Gasteiger partial charge in [-0.1, -0.05) is 23.2 Å². The third kappa shape index (κ3) is 1.44. The van der Waals surface area contributed by atoms with Crippen LogP contribution in [0.1, 0.15) is 11.1 Å². The summed E-state index contributed by atoms with van der Waals surface area (Å²) in [6.07, 6.45) is 0. The lowest BCUT2D eigenvalue weighted by molar-refractivity contribution is 1.38. The average Bonchev–Trinajstić information content (AvgIpc) is 1.82. The van der Waals surface area contributed by atoms with Crippen molar-refractivity contribution in [2.24, 2.45) is 0 Å². The molecule has 0 amide bonds. The third-order valence-electron chi connectivity index (χ3n) is 1.40. The first-order chi connectivity index (χ1) is 4.61. The largest absolute Gasteiger partial charge is 0.0843 e. The Balaban J connectivity index is 3.31. The second-order valence-electron chi connectivity index (χ2n) is 2.35. The number of rotatable bonds is 0. The van der Waals surface area contributed by atoms with E-state index in [1.165, 1.54) is 0 Å². The fraction of sp³-hybridized carbons (Fsp3) is 0.250. The Kier molecular flexibility index (Phi) is 2.22. The van der Waals surface area contributed by atoms with Crippen LogP contribution in [0.3, 0.4) is 0 Å². The zero-order chi connectivity index (χ0) is 7.72. The summed E-state index contributed by atoms with van der Waals surface area (Å²) in [5, 5.41) is 1.56. The summed E-state index contributed by atoms with van der Waals surface area (Å²) in [5.74, 6) is 0. The smallest absolute Gasteiger partial charge is 0.0465 e. The molecule has 0 aromatic heterocycles. The van der Waals surface area contributed by atoms with Crippen LogP contribution in [-0.2, 0) is 0 Å². The highest BCUT2D eigenvalue weighted by Crippen LogP contribution is 2.23. The van der Waals surface area contributed by atoms with Crippen molar-refractivity contribution in [3.05, 3.63) is 33.3 Å². The second kappa shape index (κ2) is 2.81. The molecule has 10 heavy (non-hydrogen) atoms. The Bertz CT molecular complexity index is 230. The van der Waals surface area contributed by atoms with Gasteiger partial charge in [-0.3, -0.25) is 0 Å². The van der Waals surface area contributed by atoms with Crippen molar-refractivity contribution in [2.75, 3.05) is 0 Å². The van der Waals surface area contributed by atoms with E-state index in [0.29, 0.717) is 0 Å². The lowest BCUT2D eigenvalue weighted by atomic mass is 10.2. The Morgan fingerprint density at radius 1 is 1.00 bits per heavy atom. The highest BCUT2D eigenvalue weighted by atomic mass is 35.5. The highest BCUT2D eigenvalue weighted by molar-refractivity contribution is 6.34. The summed E-state index contributed by atoms with van der Waals surface area (Å²) >= 11 is 11.7. The van der Waals surface area contributed by atoms with Crippen molar-refractivity contribution in [1.82, 2.24) is 0 Å². The lowest BCUT2D eigenvalue weighted by Gasteiger charge is -2.01. The van der Waals surface area contributed by atoms with Crippen LogP contribution in [0.15, 0.2) is 12.1 Å². The predicted molar refractivity (Wildman–Crippen MR) is 45.9 cm³/mol. The van der Waals surface area contributed by atoms with E-state index in [9.17, 15) is 0 Å². The van der Waals surface area contributed by atoms with Gasteiger partial charge in [0, 0.05) is 10.0 Å². The molecule has 54 valence electrons. The maximum absolute atomic E-state index is 5.89. The fourth-order valence-corrected chi connectivity index (χ4v) is 1.33. The van der Waals surface area contributed by atoms with Crippen molar-refractivity contribution in [1.29, 1.82) is 0 Å². The van der Waals surface area contributed by atoms with Crippen LogP contribution in [0.4, 0.5) is 0 Å². The fourth-order valence-electron chi connectivity index (χ4n) is 0.893. The molecule has 0 saturated heterocycles. The molecular formula is C8H8Cl2. The van der Waals surface area contributed by atoms with Gasteiger partial charge >= 0.3 is 0 Å². The van der Waals surface area contributed by atoms with E-state index in [2.05, 4.69) is 0 Å². The summed E-state index contributed by atoms with van der Waals surface area (Å²) in [6, 6.07) is 3.72. The number of hydrogen-bond acceptors (Lipinski definition) is 0. The normalized spacial score (nSPS) is 10.0. The van der Waals surface area contributed by atoms with Gasteiger partial charge in [-0.05, 0) is 37.1 Å². The zero-order valence-corrected chi connectivity index (χ0v) is 7.42. The SMILES string of the molecule is Cc1cc(Cl)cc(C)c1Cl. The van der Waals surface area contributed by atoms with Crippen LogP contribution >= 0.6 is 23.2 Å². The van der Waals surface area contributed by atoms with Gasteiger partial charge in [0.05, 0.1) is 0 Å². The zero-order valence-electron chi connectivity index (χ0n) is 5.91. The highest BCUT2D eigenvalue weighted by Gasteiger charge is 1.99. The number of benzene rings is 1. The minimum absolute atomic E-state index is 0.749. The first-order valence-corrected chi connectivity index (χ1v) is 3.79. The Morgan fingerprint density at radius 3 is 1.80 bits per heavy atom. The van der Waals surface area contributed by atoms with Crippen LogP contribution in [0.2, 0.25) is 10.0 Å². The molecule has 0 aliphatic carbocycles. The van der Waals surface area contributed by atoms with Gasteiger partial charge in [0.1, 0.15) is 0 Å². The molecule has 0 radical (unpaired) electrons. The molecule has 1 aromatic rings. The average molecular weight is 175 g/mol. The Labute approximate surface area is 70.8 Å². The summed E-state index contributed by atoms with van der Waals surface area (Å²) < 4.78 is 0. The van der Waals surface area contributed by atoms with Crippen LogP contribution in [0.25, 0.3) is 0 Å². The number of hydrogen-bond donors (Lipinski definition) is 0. The monoisotopic (exact) mass is 174 g/mol. The Hall–Kier alpha value is -0.200. The minimum Gasteiger partial charge on any atom is -0.0843 e. The Morgan fingerprint density at radius 2 is 1.40 bits per heavy atom. The van der Waals surface area contributed by atoms with Gasteiger partial charge in [0.25, 0.3) is 0 Å². The van der Waals surface area contributed by atoms with E-state index in [0.717, 1.165) is 21.2 Å². The predicted octanol–water partition coefficient (Wildman–Crippen LogP) is 3.61. The van der Waals surface area contributed by atoms with E-state index in [4.69, 9.17) is 23.2 Å². The minimum atomic E-state index is 0.749. The standard InChI is InChI=1S/C8H8Cl2/c1-5-3-7(9)4-6(2)8(5)10/h3-4H,1-2H3. The molecule has 0 aliphatic rings. The topological polar surface area (TPSA) is 0 Å². The van der Waals surface area contributed by atoms with Gasteiger partial charge in [-0.25, -0.2) is 0 Å². The molecule has 0 bridgehead atoms. The van der Waals surface area contributed by atoms with Crippen molar-refractivity contribution < 1.29 is 0 Å². The summed E-state index contributed by atoms with van der Waals surface area (Å²) in [6.45, 7) is 3.89. The van der Waals surface area contributed by atoms with Crippen LogP contribution in [0, 0.1) is 13.8 Å². The third-order valence-corrected chi connectivity index (χ3v) is 2.22. The van der Waals surface area contributed by atoms with Gasteiger partial charge < -0.3 is 0 Å². The molecule has 0 unspecified atom stereocenters. The molecule has 1 rings (SSSR count). The first-order valence-electron chi connectivity index (χ1n) is 3.03. The molecule has 1 aromatic carbocycles. The molecule has 0 N–H and O–H groups in total. The van der Waals surface area contributed by atoms with E-state index in [1.54, 1.807) is 0 Å². The van der Waals surface area contributed by atoms with Crippen LogP contribution < -0.4 is 0 Å². The van der Waals surface area contributed by atoms with Gasteiger partial charge in [-0.2, -0.15) is 0 Å². The summed E-state index contributed by atoms with van der Waals surface area (Å²) in [5.41, 5.74) is 2.07. The molecule has 0 heterocycles. The number of halogens is 2. The summed E-state index contributed by atoms with van der Waals surface area (Å²) in [4.78, 5) is 0. The van der Waals surface area contributed by atoms with Crippen LogP contribution in [0.5, 0.6) is 0 Å². The maximum Gasteiger partial charge on any atom is 0.0465 e. The summed E-state index contributed by atoms with van der Waals surface area (Å²) in [7, 11) is 0. The quantitative estimate of drug-likeness (QED) is 0.564. The first kappa shape index (κ1) is 7.90. The molecule has 0 atom stereocenters. The molecule has 0 nitrogen and oxygen atoms in total. The molecule has 0 aliphatic heterocycles. The second-order valence-corrected chi connectivity index (χ2v) is 3.17. The van der Waals surface area contributed by atoms with Crippen molar-refractivity contribution in [3.8, 4) is 0 Å². The molecule has 0 spiro atoms. The van der Waals surface area contributed by atoms with Gasteiger partial charge in [0.2, 0.25) is 0 Å². The lowest BCUT2D eigenvalue weighted by Crippen LogP contribution is -1.79. The van der Waals surface area contributed by atoms with Crippen molar-refractivity contribution in [2.45, 2.75) is 13.8 Å². The maximum atomic E-state index is 5.89. The van der Waals surface area contributed by atoms with Crippen molar-refractivity contribution >= 4 is 23.2 Å². The van der Waals surface area contributed by atoms with E-state index >= 15 is 0 Å². The van der Waals surface area contributed by atoms with E-state index < -0.39 is 0 Å². The molecule has 2 heteroatoms.